The molecule has 0 aliphatic carbocycles. The third-order valence-corrected chi connectivity index (χ3v) is 4.48. The van der Waals surface area contributed by atoms with Crippen molar-refractivity contribution in [3.8, 4) is 0 Å². The van der Waals surface area contributed by atoms with E-state index < -0.39 is 11.9 Å². The molecule has 1 heterocycles. The fourth-order valence-electron chi connectivity index (χ4n) is 2.25. The van der Waals surface area contributed by atoms with Gasteiger partial charge in [-0.1, -0.05) is 6.07 Å². The topological polar surface area (TPSA) is 58.5 Å². The van der Waals surface area contributed by atoms with Crippen LogP contribution in [0.4, 0.5) is 17.6 Å². The van der Waals surface area contributed by atoms with Crippen molar-refractivity contribution in [3.05, 3.63) is 51.2 Å². The number of hydrogen-bond acceptors (Lipinski definition) is 4. The summed E-state index contributed by atoms with van der Waals surface area (Å²) < 4.78 is 56.2. The largest absolute Gasteiger partial charge is 0.434 e. The second kappa shape index (κ2) is 11.5. The molecule has 11 heteroatoms. The molecule has 1 aromatic carbocycles. The van der Waals surface area contributed by atoms with Crippen LogP contribution in [0.1, 0.15) is 21.8 Å². The molecule has 0 unspecified atom stereocenters. The lowest BCUT2D eigenvalue weighted by molar-refractivity contribution is -0.140. The number of guanidine groups is 1. The van der Waals surface area contributed by atoms with E-state index in [1.165, 1.54) is 13.2 Å². The number of hydrogen-bond donors (Lipinski definition) is 2. The minimum Gasteiger partial charge on any atom is -0.380 e. The van der Waals surface area contributed by atoms with E-state index in [1.807, 2.05) is 0 Å². The van der Waals surface area contributed by atoms with Gasteiger partial charge in [0.2, 0.25) is 0 Å². The van der Waals surface area contributed by atoms with E-state index in [0.717, 1.165) is 22.3 Å². The summed E-state index contributed by atoms with van der Waals surface area (Å²) in [6.45, 7) is 0.968. The standard InChI is InChI=1S/C17H20F4N4OS.HI/c1-22-16(23-6-5-15-25-14(10-27-15)17(19,20)21)24-8-11-3-4-13(18)12(7-11)9-26-2;/h3-4,7,10H,5-6,8-9H2,1-2H3,(H2,22,23,24);1H. The molecule has 0 amide bonds. The number of nitrogens with zero attached hydrogens (tertiary/aromatic N) is 2. The number of aromatic nitrogens is 1. The monoisotopic (exact) mass is 532 g/mol. The first-order valence-electron chi connectivity index (χ1n) is 8.06. The Hall–Kier alpha value is -1.47. The zero-order chi connectivity index (χ0) is 19.9. The second-order valence-electron chi connectivity index (χ2n) is 5.59. The highest BCUT2D eigenvalue weighted by molar-refractivity contribution is 14.0. The minimum absolute atomic E-state index is 0. The predicted molar refractivity (Wildman–Crippen MR) is 112 cm³/mol. The molecule has 0 fully saturated rings. The molecule has 0 saturated heterocycles. The van der Waals surface area contributed by atoms with Crippen molar-refractivity contribution in [2.45, 2.75) is 25.7 Å². The lowest BCUT2D eigenvalue weighted by Gasteiger charge is -2.12. The molecule has 5 nitrogen and oxygen atoms in total. The number of ether oxygens (including phenoxy) is 1. The summed E-state index contributed by atoms with van der Waals surface area (Å²) in [4.78, 5) is 7.63. The Kier molecular flexibility index (Phi) is 10.1. The zero-order valence-corrected chi connectivity index (χ0v) is 18.4. The van der Waals surface area contributed by atoms with Crippen LogP contribution in [-0.2, 0) is 30.5 Å². The van der Waals surface area contributed by atoms with Gasteiger partial charge in [0.25, 0.3) is 0 Å². The number of benzene rings is 1. The van der Waals surface area contributed by atoms with Gasteiger partial charge < -0.3 is 15.4 Å². The van der Waals surface area contributed by atoms with Crippen molar-refractivity contribution in [2.24, 2.45) is 4.99 Å². The molecule has 1 aromatic heterocycles. The van der Waals surface area contributed by atoms with E-state index in [0.29, 0.717) is 36.0 Å². The first-order chi connectivity index (χ1) is 12.8. The maximum atomic E-state index is 13.6. The number of methoxy groups -OCH3 is 1. The predicted octanol–water partition coefficient (Wildman–Crippen LogP) is 3.97. The highest BCUT2D eigenvalue weighted by Crippen LogP contribution is 2.29. The lowest BCUT2D eigenvalue weighted by atomic mass is 10.1. The van der Waals surface area contributed by atoms with Gasteiger partial charge in [0, 0.05) is 44.6 Å². The van der Waals surface area contributed by atoms with Crippen molar-refractivity contribution in [1.29, 1.82) is 0 Å². The Balaban J connectivity index is 0.00000392. The summed E-state index contributed by atoms with van der Waals surface area (Å²) >= 11 is 0.975. The molecule has 2 N–H and O–H groups in total. The molecule has 0 saturated carbocycles. The van der Waals surface area contributed by atoms with Crippen molar-refractivity contribution in [3.63, 3.8) is 0 Å². The van der Waals surface area contributed by atoms with Gasteiger partial charge in [0.15, 0.2) is 11.7 Å². The molecule has 0 radical (unpaired) electrons. The number of rotatable bonds is 7. The summed E-state index contributed by atoms with van der Waals surface area (Å²) in [5.41, 5.74) is 0.443. The fraction of sp³-hybridized carbons (Fsp3) is 0.412. The van der Waals surface area contributed by atoms with Gasteiger partial charge >= 0.3 is 6.18 Å². The molecule has 2 aromatic rings. The summed E-state index contributed by atoms with van der Waals surface area (Å²) in [5.74, 6) is 0.157. The van der Waals surface area contributed by atoms with Crippen molar-refractivity contribution in [2.75, 3.05) is 20.7 Å². The van der Waals surface area contributed by atoms with Gasteiger partial charge in [0.1, 0.15) is 5.82 Å². The van der Waals surface area contributed by atoms with Crippen LogP contribution < -0.4 is 10.6 Å². The summed E-state index contributed by atoms with van der Waals surface area (Å²) in [7, 11) is 3.08. The second-order valence-corrected chi connectivity index (χ2v) is 6.53. The highest BCUT2D eigenvalue weighted by atomic mass is 127. The molecule has 2 rings (SSSR count). The van der Waals surface area contributed by atoms with E-state index in [4.69, 9.17) is 4.74 Å². The molecular weight excluding hydrogens is 511 g/mol. The first kappa shape index (κ1) is 24.6. The molecule has 156 valence electrons. The molecule has 0 aliphatic heterocycles. The van der Waals surface area contributed by atoms with E-state index in [1.54, 1.807) is 19.2 Å². The Labute approximate surface area is 181 Å². The Morgan fingerprint density at radius 1 is 1.29 bits per heavy atom. The molecular formula is C17H21F4IN4OS. The van der Waals surface area contributed by atoms with Gasteiger partial charge in [-0.2, -0.15) is 13.2 Å². The van der Waals surface area contributed by atoms with Gasteiger partial charge in [0.05, 0.1) is 11.6 Å². The molecule has 0 spiro atoms. The lowest BCUT2D eigenvalue weighted by Crippen LogP contribution is -2.37. The maximum absolute atomic E-state index is 13.6. The first-order valence-corrected chi connectivity index (χ1v) is 8.93. The van der Waals surface area contributed by atoms with Crippen LogP contribution in [0.25, 0.3) is 0 Å². The van der Waals surface area contributed by atoms with Crippen LogP contribution in [-0.4, -0.2) is 31.6 Å². The fourth-order valence-corrected chi connectivity index (χ4v) is 3.06. The number of thiazole rings is 1. The molecule has 0 aliphatic rings. The average Bonchev–Trinajstić information content (AvgIpc) is 3.10. The Morgan fingerprint density at radius 2 is 2.04 bits per heavy atom. The average molecular weight is 532 g/mol. The summed E-state index contributed by atoms with van der Waals surface area (Å²) in [5, 5.41) is 7.49. The van der Waals surface area contributed by atoms with Crippen LogP contribution in [0, 0.1) is 5.82 Å². The Bertz CT molecular complexity index is 783. The summed E-state index contributed by atoms with van der Waals surface area (Å²) in [6, 6.07) is 4.73. The Morgan fingerprint density at radius 3 is 2.64 bits per heavy atom. The smallest absolute Gasteiger partial charge is 0.380 e. The zero-order valence-electron chi connectivity index (χ0n) is 15.3. The van der Waals surface area contributed by atoms with Crippen molar-refractivity contribution >= 4 is 41.3 Å². The SMILES string of the molecule is CN=C(NCCc1nc(C(F)(F)F)cs1)NCc1ccc(F)c(COC)c1.I. The summed E-state index contributed by atoms with van der Waals surface area (Å²) in [6.07, 6.45) is -4.08. The van der Waals surface area contributed by atoms with Crippen LogP contribution >= 0.6 is 35.3 Å². The third kappa shape index (κ3) is 7.51. The normalized spacial score (nSPS) is 11.9. The quantitative estimate of drug-likeness (QED) is 0.245. The number of alkyl halides is 3. The van der Waals surface area contributed by atoms with Crippen LogP contribution in [0.15, 0.2) is 28.6 Å². The van der Waals surface area contributed by atoms with Gasteiger partial charge in [-0.15, -0.1) is 35.3 Å². The molecule has 0 bridgehead atoms. The number of halogens is 5. The number of nitrogens with one attached hydrogen (secondary N) is 2. The number of aliphatic imine (C=N–C) groups is 1. The van der Waals surface area contributed by atoms with Crippen LogP contribution in [0.2, 0.25) is 0 Å². The van der Waals surface area contributed by atoms with E-state index >= 15 is 0 Å². The molecule has 28 heavy (non-hydrogen) atoms. The van der Waals surface area contributed by atoms with E-state index in [9.17, 15) is 17.6 Å². The van der Waals surface area contributed by atoms with Crippen LogP contribution in [0.3, 0.4) is 0 Å². The van der Waals surface area contributed by atoms with Crippen LogP contribution in [0.5, 0.6) is 0 Å². The van der Waals surface area contributed by atoms with Crippen molar-refractivity contribution < 1.29 is 22.3 Å². The van der Waals surface area contributed by atoms with E-state index in [2.05, 4.69) is 20.6 Å². The van der Waals surface area contributed by atoms with Crippen molar-refractivity contribution in [1.82, 2.24) is 15.6 Å². The van der Waals surface area contributed by atoms with Gasteiger partial charge in [-0.25, -0.2) is 9.37 Å². The highest BCUT2D eigenvalue weighted by Gasteiger charge is 2.33. The van der Waals surface area contributed by atoms with E-state index in [-0.39, 0.29) is 36.4 Å². The third-order valence-electron chi connectivity index (χ3n) is 3.57. The maximum Gasteiger partial charge on any atom is 0.434 e. The van der Waals surface area contributed by atoms with Gasteiger partial charge in [-0.3, -0.25) is 4.99 Å². The minimum atomic E-state index is -4.42. The van der Waals surface area contributed by atoms with Gasteiger partial charge in [-0.05, 0) is 17.7 Å². The molecule has 0 atom stereocenters.